The van der Waals surface area contributed by atoms with Crippen molar-refractivity contribution in [2.75, 3.05) is 0 Å². The summed E-state index contributed by atoms with van der Waals surface area (Å²) >= 11 is 0. The summed E-state index contributed by atoms with van der Waals surface area (Å²) in [5.41, 5.74) is 0. The van der Waals surface area contributed by atoms with E-state index < -0.39 is 0 Å². The fourth-order valence-electron chi connectivity index (χ4n) is 4.41. The van der Waals surface area contributed by atoms with E-state index in [1.54, 1.807) is 0 Å². The minimum Gasteiger partial charge on any atom is -0.131 e. The summed E-state index contributed by atoms with van der Waals surface area (Å²) in [7, 11) is 3.16. The second-order valence-corrected chi connectivity index (χ2v) is 8.28. The highest BCUT2D eigenvalue weighted by atomic mass is 31.0. The van der Waals surface area contributed by atoms with Crippen LogP contribution in [0.25, 0.3) is 0 Å². The van der Waals surface area contributed by atoms with Crippen LogP contribution in [0.1, 0.15) is 71.6 Å². The van der Waals surface area contributed by atoms with Crippen LogP contribution in [-0.4, -0.2) is 5.16 Å². The molecular weight excluding hydrogens is 211 g/mol. The first-order chi connectivity index (χ1) is 7.59. The quantitative estimate of drug-likeness (QED) is 0.607. The molecule has 2 aliphatic rings. The smallest absolute Gasteiger partial charge is 0.0173 e. The zero-order chi connectivity index (χ0) is 11.6. The lowest BCUT2D eigenvalue weighted by Gasteiger charge is -2.43. The molecule has 0 nitrogen and oxygen atoms in total. The molecule has 2 atom stereocenters. The number of hydrogen-bond acceptors (Lipinski definition) is 0. The van der Waals surface area contributed by atoms with E-state index in [2.05, 4.69) is 23.1 Å². The van der Waals surface area contributed by atoms with Crippen LogP contribution in [0.2, 0.25) is 0 Å². The highest BCUT2D eigenvalue weighted by Gasteiger charge is 2.39. The van der Waals surface area contributed by atoms with Crippen molar-refractivity contribution in [1.29, 1.82) is 0 Å². The SMILES string of the molecule is CC(C)(P)C(C1CCCCC1)C1CCCC1. The van der Waals surface area contributed by atoms with Gasteiger partial charge in [0.1, 0.15) is 0 Å². The maximum atomic E-state index is 3.16. The molecule has 16 heavy (non-hydrogen) atoms. The fraction of sp³-hybridized carbons (Fsp3) is 1.00. The van der Waals surface area contributed by atoms with Gasteiger partial charge in [0.25, 0.3) is 0 Å². The van der Waals surface area contributed by atoms with Gasteiger partial charge in [-0.25, -0.2) is 0 Å². The lowest BCUT2D eigenvalue weighted by Crippen LogP contribution is -2.37. The van der Waals surface area contributed by atoms with Gasteiger partial charge in [0.2, 0.25) is 0 Å². The monoisotopic (exact) mass is 240 g/mol. The molecule has 2 unspecified atom stereocenters. The molecule has 0 aromatic heterocycles. The predicted octanol–water partition coefficient (Wildman–Crippen LogP) is 5.03. The molecule has 0 amide bonds. The van der Waals surface area contributed by atoms with E-state index in [-0.39, 0.29) is 0 Å². The summed E-state index contributed by atoms with van der Waals surface area (Å²) in [4.78, 5) is 0. The molecule has 0 aromatic carbocycles. The first kappa shape index (κ1) is 12.9. The molecule has 2 fully saturated rings. The van der Waals surface area contributed by atoms with Crippen molar-refractivity contribution in [3.8, 4) is 0 Å². The van der Waals surface area contributed by atoms with Crippen LogP contribution in [-0.2, 0) is 0 Å². The number of hydrogen-bond donors (Lipinski definition) is 0. The second kappa shape index (κ2) is 5.38. The molecular formula is C15H29P. The molecule has 0 bridgehead atoms. The molecule has 2 saturated carbocycles. The Morgan fingerprint density at radius 1 is 0.812 bits per heavy atom. The van der Waals surface area contributed by atoms with Gasteiger partial charge < -0.3 is 0 Å². The molecule has 0 saturated heterocycles. The zero-order valence-electron chi connectivity index (χ0n) is 11.2. The van der Waals surface area contributed by atoms with E-state index in [0.29, 0.717) is 5.16 Å². The molecule has 0 N–H and O–H groups in total. The van der Waals surface area contributed by atoms with Crippen LogP contribution in [0.5, 0.6) is 0 Å². The van der Waals surface area contributed by atoms with Crippen LogP contribution in [0.15, 0.2) is 0 Å². The third-order valence-electron chi connectivity index (χ3n) is 4.92. The maximum absolute atomic E-state index is 3.16. The van der Waals surface area contributed by atoms with Gasteiger partial charge in [-0.3, -0.25) is 0 Å². The standard InChI is InChI=1S/C15H29P/c1-15(2,16)14(13-10-6-7-11-13)12-8-4-3-5-9-12/h12-14H,3-11,16H2,1-2H3. The topological polar surface area (TPSA) is 0 Å². The Balaban J connectivity index is 2.06. The molecule has 0 aliphatic heterocycles. The average molecular weight is 240 g/mol. The third kappa shape index (κ3) is 3.00. The van der Waals surface area contributed by atoms with Crippen LogP contribution >= 0.6 is 9.24 Å². The lowest BCUT2D eigenvalue weighted by molar-refractivity contribution is 0.146. The van der Waals surface area contributed by atoms with Crippen molar-refractivity contribution >= 4 is 9.24 Å². The van der Waals surface area contributed by atoms with E-state index in [1.807, 2.05) is 0 Å². The lowest BCUT2D eigenvalue weighted by atomic mass is 9.68. The molecule has 94 valence electrons. The fourth-order valence-corrected chi connectivity index (χ4v) is 4.95. The Morgan fingerprint density at radius 3 is 1.56 bits per heavy atom. The normalized spacial score (nSPS) is 27.2. The van der Waals surface area contributed by atoms with Crippen LogP contribution in [0.3, 0.4) is 0 Å². The summed E-state index contributed by atoms with van der Waals surface area (Å²) in [5, 5.41) is 0.455. The summed E-state index contributed by atoms with van der Waals surface area (Å²) in [6.07, 6.45) is 13.5. The van der Waals surface area contributed by atoms with Crippen molar-refractivity contribution in [2.45, 2.75) is 76.8 Å². The van der Waals surface area contributed by atoms with Crippen molar-refractivity contribution in [1.82, 2.24) is 0 Å². The van der Waals surface area contributed by atoms with Crippen LogP contribution in [0.4, 0.5) is 0 Å². The Bertz CT molecular complexity index is 204. The van der Waals surface area contributed by atoms with Crippen molar-refractivity contribution < 1.29 is 0 Å². The minimum absolute atomic E-state index is 0.455. The average Bonchev–Trinajstić information content (AvgIpc) is 2.71. The van der Waals surface area contributed by atoms with E-state index in [4.69, 9.17) is 0 Å². The molecule has 0 spiro atoms. The molecule has 0 heterocycles. The Hall–Kier alpha value is 0.430. The highest BCUT2D eigenvalue weighted by Crippen LogP contribution is 2.48. The Morgan fingerprint density at radius 2 is 1.19 bits per heavy atom. The number of rotatable bonds is 3. The predicted molar refractivity (Wildman–Crippen MR) is 75.8 cm³/mol. The van der Waals surface area contributed by atoms with Crippen LogP contribution in [0, 0.1) is 17.8 Å². The van der Waals surface area contributed by atoms with E-state index in [1.165, 1.54) is 57.8 Å². The van der Waals surface area contributed by atoms with E-state index >= 15 is 0 Å². The largest absolute Gasteiger partial charge is 0.131 e. The van der Waals surface area contributed by atoms with Crippen molar-refractivity contribution in [3.63, 3.8) is 0 Å². The zero-order valence-corrected chi connectivity index (χ0v) is 12.3. The Kier molecular flexibility index (Phi) is 4.33. The summed E-state index contributed by atoms with van der Waals surface area (Å²) < 4.78 is 0. The first-order valence-corrected chi connectivity index (χ1v) is 7.95. The van der Waals surface area contributed by atoms with Gasteiger partial charge in [-0.15, -0.1) is 9.24 Å². The summed E-state index contributed by atoms with van der Waals surface area (Å²) in [6.45, 7) is 4.91. The maximum Gasteiger partial charge on any atom is -0.0173 e. The van der Waals surface area contributed by atoms with Crippen molar-refractivity contribution in [3.05, 3.63) is 0 Å². The van der Waals surface area contributed by atoms with Crippen LogP contribution < -0.4 is 0 Å². The van der Waals surface area contributed by atoms with Gasteiger partial charge in [-0.1, -0.05) is 71.6 Å². The molecule has 2 aliphatic carbocycles. The first-order valence-electron chi connectivity index (χ1n) is 7.38. The molecule has 0 radical (unpaired) electrons. The van der Waals surface area contributed by atoms with Gasteiger partial charge in [-0.05, 0) is 22.9 Å². The molecule has 1 heteroatoms. The van der Waals surface area contributed by atoms with Gasteiger partial charge in [-0.2, -0.15) is 0 Å². The van der Waals surface area contributed by atoms with Gasteiger partial charge in [0.05, 0.1) is 0 Å². The van der Waals surface area contributed by atoms with Crippen molar-refractivity contribution in [2.24, 2.45) is 17.8 Å². The molecule has 2 rings (SSSR count). The highest BCUT2D eigenvalue weighted by molar-refractivity contribution is 7.18. The van der Waals surface area contributed by atoms with E-state index in [9.17, 15) is 0 Å². The third-order valence-corrected chi connectivity index (χ3v) is 5.31. The Labute approximate surface area is 104 Å². The van der Waals surface area contributed by atoms with Gasteiger partial charge in [0, 0.05) is 0 Å². The second-order valence-electron chi connectivity index (χ2n) is 6.79. The molecule has 0 aromatic rings. The summed E-state index contributed by atoms with van der Waals surface area (Å²) in [6, 6.07) is 0. The van der Waals surface area contributed by atoms with Gasteiger partial charge in [0.15, 0.2) is 0 Å². The summed E-state index contributed by atoms with van der Waals surface area (Å²) in [5.74, 6) is 3.04. The van der Waals surface area contributed by atoms with Gasteiger partial charge >= 0.3 is 0 Å². The minimum atomic E-state index is 0.455. The van der Waals surface area contributed by atoms with E-state index in [0.717, 1.165) is 17.8 Å².